The van der Waals surface area contributed by atoms with Gasteiger partial charge in [0.15, 0.2) is 18.2 Å². The molecule has 0 bridgehead atoms. The number of fused-ring (bicyclic) bond motifs is 1. The summed E-state index contributed by atoms with van der Waals surface area (Å²) >= 11 is 0. The number of carbonyl (C=O) groups is 2. The molecule has 6 heteroatoms. The van der Waals surface area contributed by atoms with Crippen molar-refractivity contribution in [2.75, 3.05) is 17.2 Å². The molecule has 0 radical (unpaired) electrons. The van der Waals surface area contributed by atoms with Gasteiger partial charge in [-0.3, -0.25) is 9.59 Å². The molecule has 2 aliphatic rings. The molecule has 0 atom stereocenters. The minimum absolute atomic E-state index is 0.0191. The molecule has 1 aromatic rings. The number of aromatic nitrogens is 1. The van der Waals surface area contributed by atoms with Crippen LogP contribution >= 0.6 is 0 Å². The van der Waals surface area contributed by atoms with Crippen molar-refractivity contribution in [3.63, 3.8) is 0 Å². The van der Waals surface area contributed by atoms with Gasteiger partial charge in [-0.25, -0.2) is 4.98 Å². The summed E-state index contributed by atoms with van der Waals surface area (Å²) in [5.74, 6) is 0.821. The van der Waals surface area contributed by atoms with Crippen molar-refractivity contribution < 1.29 is 14.3 Å². The van der Waals surface area contributed by atoms with Crippen LogP contribution in [0.1, 0.15) is 12.8 Å². The number of amides is 2. The van der Waals surface area contributed by atoms with Crippen LogP contribution < -0.4 is 15.4 Å². The van der Waals surface area contributed by atoms with Crippen molar-refractivity contribution in [2.45, 2.75) is 12.8 Å². The lowest BCUT2D eigenvalue weighted by molar-refractivity contribution is -0.119. The van der Waals surface area contributed by atoms with Crippen LogP contribution in [0, 0.1) is 5.92 Å². The van der Waals surface area contributed by atoms with Crippen LogP contribution in [0.25, 0.3) is 0 Å². The maximum Gasteiger partial charge on any atom is 0.263 e. The van der Waals surface area contributed by atoms with Gasteiger partial charge < -0.3 is 15.4 Å². The number of carbonyl (C=O) groups excluding carboxylic acids is 2. The van der Waals surface area contributed by atoms with Gasteiger partial charge in [-0.2, -0.15) is 0 Å². The Morgan fingerprint density at radius 2 is 2.35 bits per heavy atom. The fourth-order valence-corrected chi connectivity index (χ4v) is 1.62. The molecule has 0 saturated heterocycles. The number of hydrogen-bond acceptors (Lipinski definition) is 4. The van der Waals surface area contributed by atoms with E-state index in [1.165, 1.54) is 6.20 Å². The molecule has 2 N–H and O–H groups in total. The summed E-state index contributed by atoms with van der Waals surface area (Å²) in [7, 11) is 0. The van der Waals surface area contributed by atoms with Gasteiger partial charge in [0.05, 0.1) is 11.9 Å². The predicted octanol–water partition coefficient (Wildman–Crippen LogP) is 0.761. The van der Waals surface area contributed by atoms with Crippen molar-refractivity contribution in [3.8, 4) is 5.75 Å². The molecule has 1 aromatic heterocycles. The smallest absolute Gasteiger partial charge is 0.263 e. The number of anilines is 2. The third-order valence-electron chi connectivity index (χ3n) is 2.68. The molecule has 3 rings (SSSR count). The van der Waals surface area contributed by atoms with E-state index < -0.39 is 0 Å². The van der Waals surface area contributed by atoms with Crippen molar-refractivity contribution >= 4 is 23.3 Å². The lowest BCUT2D eigenvalue weighted by Crippen LogP contribution is -2.26. The van der Waals surface area contributed by atoms with Crippen LogP contribution in [0.4, 0.5) is 11.5 Å². The average molecular weight is 233 g/mol. The molecule has 0 unspecified atom stereocenters. The molecule has 2 heterocycles. The number of rotatable bonds is 2. The quantitative estimate of drug-likeness (QED) is 0.790. The predicted molar refractivity (Wildman–Crippen MR) is 59.7 cm³/mol. The van der Waals surface area contributed by atoms with E-state index in [4.69, 9.17) is 4.74 Å². The molecular formula is C11H11N3O3. The highest BCUT2D eigenvalue weighted by Crippen LogP contribution is 2.32. The normalized spacial score (nSPS) is 17.8. The first-order valence-corrected chi connectivity index (χ1v) is 5.46. The monoisotopic (exact) mass is 233 g/mol. The van der Waals surface area contributed by atoms with Gasteiger partial charge in [0.1, 0.15) is 0 Å². The molecular weight excluding hydrogens is 222 g/mol. The van der Waals surface area contributed by atoms with Gasteiger partial charge in [-0.15, -0.1) is 0 Å². The van der Waals surface area contributed by atoms with Crippen LogP contribution in [0.3, 0.4) is 0 Å². The topological polar surface area (TPSA) is 80.3 Å². The second-order valence-corrected chi connectivity index (χ2v) is 4.17. The van der Waals surface area contributed by atoms with E-state index in [1.807, 2.05) is 0 Å². The largest absolute Gasteiger partial charge is 0.480 e. The van der Waals surface area contributed by atoms with Gasteiger partial charge in [0.2, 0.25) is 5.91 Å². The van der Waals surface area contributed by atoms with Crippen molar-refractivity contribution in [2.24, 2.45) is 5.92 Å². The van der Waals surface area contributed by atoms with Gasteiger partial charge in [0.25, 0.3) is 5.91 Å². The zero-order valence-corrected chi connectivity index (χ0v) is 9.03. The summed E-state index contributed by atoms with van der Waals surface area (Å²) in [5.41, 5.74) is 0.594. The molecule has 1 saturated carbocycles. The molecule has 1 aliphatic carbocycles. The second-order valence-electron chi connectivity index (χ2n) is 4.17. The van der Waals surface area contributed by atoms with Gasteiger partial charge in [-0.1, -0.05) is 0 Å². The minimum Gasteiger partial charge on any atom is -0.480 e. The molecule has 6 nitrogen and oxygen atoms in total. The Hall–Kier alpha value is -2.11. The average Bonchev–Trinajstić information content (AvgIpc) is 3.13. The SMILES string of the molecule is O=C1COc2cc(NC(=O)C3CC3)cnc2N1. The van der Waals surface area contributed by atoms with Gasteiger partial charge in [-0.05, 0) is 12.8 Å². The van der Waals surface area contributed by atoms with E-state index in [2.05, 4.69) is 15.6 Å². The lowest BCUT2D eigenvalue weighted by Gasteiger charge is -2.17. The molecule has 88 valence electrons. The third kappa shape index (κ3) is 2.06. The van der Waals surface area contributed by atoms with Gasteiger partial charge >= 0.3 is 0 Å². The highest BCUT2D eigenvalue weighted by atomic mass is 16.5. The van der Waals surface area contributed by atoms with Gasteiger partial charge in [0, 0.05) is 12.0 Å². The Morgan fingerprint density at radius 3 is 3.12 bits per heavy atom. The molecule has 0 spiro atoms. The van der Waals surface area contributed by atoms with Crippen molar-refractivity contribution in [1.82, 2.24) is 4.98 Å². The first-order chi connectivity index (χ1) is 8.22. The Labute approximate surface area is 97.4 Å². The number of pyridine rings is 1. The Bertz CT molecular complexity index is 497. The third-order valence-corrected chi connectivity index (χ3v) is 2.68. The fourth-order valence-electron chi connectivity index (χ4n) is 1.62. The van der Waals surface area contributed by atoms with Crippen molar-refractivity contribution in [3.05, 3.63) is 12.3 Å². The second kappa shape index (κ2) is 3.73. The van der Waals surface area contributed by atoms with E-state index in [0.717, 1.165) is 12.8 Å². The summed E-state index contributed by atoms with van der Waals surface area (Å²) in [6, 6.07) is 1.67. The number of hydrogen-bond donors (Lipinski definition) is 2. The molecule has 2 amide bonds. The zero-order valence-electron chi connectivity index (χ0n) is 9.03. The van der Waals surface area contributed by atoms with E-state index in [-0.39, 0.29) is 24.3 Å². The maximum absolute atomic E-state index is 11.5. The van der Waals surface area contributed by atoms with Crippen LogP contribution in [0.15, 0.2) is 12.3 Å². The van der Waals surface area contributed by atoms with E-state index in [0.29, 0.717) is 17.3 Å². The first kappa shape index (κ1) is 10.1. The van der Waals surface area contributed by atoms with Crippen LogP contribution in [0.5, 0.6) is 5.75 Å². The van der Waals surface area contributed by atoms with E-state index >= 15 is 0 Å². The maximum atomic E-state index is 11.5. The van der Waals surface area contributed by atoms with E-state index in [9.17, 15) is 9.59 Å². The summed E-state index contributed by atoms with van der Waals surface area (Å²) < 4.78 is 5.21. The molecule has 17 heavy (non-hydrogen) atoms. The molecule has 0 aromatic carbocycles. The lowest BCUT2D eigenvalue weighted by atomic mass is 10.3. The summed E-state index contributed by atoms with van der Waals surface area (Å²) in [5, 5.41) is 5.36. The summed E-state index contributed by atoms with van der Waals surface area (Å²) in [6.07, 6.45) is 3.42. The van der Waals surface area contributed by atoms with Crippen LogP contribution in [-0.2, 0) is 9.59 Å². The van der Waals surface area contributed by atoms with Crippen LogP contribution in [-0.4, -0.2) is 23.4 Å². The Morgan fingerprint density at radius 1 is 1.53 bits per heavy atom. The highest BCUT2D eigenvalue weighted by Gasteiger charge is 2.29. The highest BCUT2D eigenvalue weighted by molar-refractivity contribution is 5.96. The fraction of sp³-hybridized carbons (Fsp3) is 0.364. The number of ether oxygens (including phenoxy) is 1. The Kier molecular flexibility index (Phi) is 2.21. The van der Waals surface area contributed by atoms with E-state index in [1.54, 1.807) is 6.07 Å². The molecule has 1 fully saturated rings. The Balaban J connectivity index is 1.78. The minimum atomic E-state index is -0.222. The summed E-state index contributed by atoms with van der Waals surface area (Å²) in [6.45, 7) is -0.0191. The standard InChI is InChI=1S/C11H11N3O3/c15-9-5-17-8-3-7(4-12-10(8)14-9)13-11(16)6-1-2-6/h3-4,6H,1-2,5H2,(H,13,16)(H,12,14,15). The first-order valence-electron chi connectivity index (χ1n) is 5.46. The van der Waals surface area contributed by atoms with Crippen molar-refractivity contribution in [1.29, 1.82) is 0 Å². The van der Waals surface area contributed by atoms with Crippen LogP contribution in [0.2, 0.25) is 0 Å². The number of nitrogens with zero attached hydrogens (tertiary/aromatic N) is 1. The zero-order chi connectivity index (χ0) is 11.8. The summed E-state index contributed by atoms with van der Waals surface area (Å²) in [4.78, 5) is 26.6. The number of nitrogens with one attached hydrogen (secondary N) is 2. The molecule has 1 aliphatic heterocycles.